The third kappa shape index (κ3) is 3.57. The Morgan fingerprint density at radius 3 is 2.68 bits per heavy atom. The van der Waals surface area contributed by atoms with E-state index >= 15 is 0 Å². The van der Waals surface area contributed by atoms with Gasteiger partial charge in [-0.25, -0.2) is 4.99 Å². The Bertz CT molecular complexity index is 682. The number of hydrogen-bond donors (Lipinski definition) is 2. The van der Waals surface area contributed by atoms with Gasteiger partial charge in [-0.1, -0.05) is 32.1 Å². The van der Waals surface area contributed by atoms with Crippen molar-refractivity contribution in [3.05, 3.63) is 23.8 Å². The minimum atomic E-state index is -0.938. The van der Waals surface area contributed by atoms with Crippen molar-refractivity contribution in [2.75, 3.05) is 13.7 Å². The highest BCUT2D eigenvalue weighted by Gasteiger charge is 2.48. The van der Waals surface area contributed by atoms with Crippen molar-refractivity contribution in [2.45, 2.75) is 51.0 Å². The number of carbonyl (C=O) groups is 1. The van der Waals surface area contributed by atoms with E-state index in [4.69, 9.17) is 10.5 Å². The third-order valence-electron chi connectivity index (χ3n) is 5.37. The highest BCUT2D eigenvalue weighted by Crippen LogP contribution is 2.36. The number of ether oxygens (including phenoxy) is 1. The maximum Gasteiger partial charge on any atom is 0.260 e. The number of aryl methyl sites for hydroxylation is 1. The van der Waals surface area contributed by atoms with Gasteiger partial charge in [0.1, 0.15) is 18.1 Å². The van der Waals surface area contributed by atoms with E-state index in [1.165, 1.54) is 24.2 Å². The number of aromatic hydroxyl groups is 1. The molecule has 0 aromatic heterocycles. The Hall–Kier alpha value is -2.24. The number of hydrogen-bond acceptors (Lipinski definition) is 5. The summed E-state index contributed by atoms with van der Waals surface area (Å²) < 4.78 is 5.92. The van der Waals surface area contributed by atoms with Gasteiger partial charge in [-0.15, -0.1) is 0 Å². The number of benzene rings is 1. The Balaban J connectivity index is 1.79. The third-order valence-corrected chi connectivity index (χ3v) is 5.37. The minimum Gasteiger partial charge on any atom is -0.508 e. The summed E-state index contributed by atoms with van der Waals surface area (Å²) in [5.41, 5.74) is 5.72. The van der Waals surface area contributed by atoms with E-state index in [2.05, 4.69) is 4.99 Å². The molecule has 0 bridgehead atoms. The fourth-order valence-corrected chi connectivity index (χ4v) is 3.83. The van der Waals surface area contributed by atoms with Crippen LogP contribution in [-0.4, -0.2) is 41.1 Å². The minimum absolute atomic E-state index is 0.0916. The smallest absolute Gasteiger partial charge is 0.260 e. The molecule has 1 aromatic rings. The number of amides is 1. The molecule has 0 spiro atoms. The Kier molecular flexibility index (Phi) is 4.88. The molecule has 1 aliphatic carbocycles. The van der Waals surface area contributed by atoms with Gasteiger partial charge in [0.05, 0.1) is 0 Å². The van der Waals surface area contributed by atoms with Crippen molar-refractivity contribution in [1.82, 2.24) is 4.90 Å². The van der Waals surface area contributed by atoms with Gasteiger partial charge < -0.3 is 15.6 Å². The molecule has 1 saturated carbocycles. The monoisotopic (exact) mass is 345 g/mol. The molecule has 1 heterocycles. The molecule has 1 fully saturated rings. The zero-order chi connectivity index (χ0) is 18.0. The molecule has 25 heavy (non-hydrogen) atoms. The maximum absolute atomic E-state index is 12.9. The quantitative estimate of drug-likeness (QED) is 0.858. The van der Waals surface area contributed by atoms with Crippen LogP contribution in [0.1, 0.15) is 44.1 Å². The van der Waals surface area contributed by atoms with Crippen molar-refractivity contribution in [3.8, 4) is 11.5 Å². The summed E-state index contributed by atoms with van der Waals surface area (Å²) in [6.45, 7) is 1.97. The Morgan fingerprint density at radius 2 is 2.08 bits per heavy atom. The van der Waals surface area contributed by atoms with Crippen LogP contribution in [0.5, 0.6) is 11.5 Å². The summed E-state index contributed by atoms with van der Waals surface area (Å²) in [6.07, 6.45) is 6.63. The zero-order valence-corrected chi connectivity index (χ0v) is 15.0. The largest absolute Gasteiger partial charge is 0.508 e. The zero-order valence-electron chi connectivity index (χ0n) is 15.0. The van der Waals surface area contributed by atoms with Gasteiger partial charge in [-0.2, -0.15) is 0 Å². The molecule has 1 aromatic carbocycles. The van der Waals surface area contributed by atoms with Crippen LogP contribution >= 0.6 is 0 Å². The number of nitrogens with zero attached hydrogens (tertiary/aromatic N) is 2. The van der Waals surface area contributed by atoms with Gasteiger partial charge in [0.2, 0.25) is 0 Å². The molecule has 0 saturated heterocycles. The lowest BCUT2D eigenvalue weighted by Gasteiger charge is -2.31. The normalized spacial score (nSPS) is 24.5. The van der Waals surface area contributed by atoms with E-state index in [-0.39, 0.29) is 24.2 Å². The molecule has 6 nitrogen and oxygen atoms in total. The van der Waals surface area contributed by atoms with Gasteiger partial charge >= 0.3 is 0 Å². The molecule has 0 radical (unpaired) electrons. The van der Waals surface area contributed by atoms with E-state index in [0.717, 1.165) is 18.4 Å². The fourth-order valence-electron chi connectivity index (χ4n) is 3.83. The molecular formula is C19H27N3O3. The van der Waals surface area contributed by atoms with Crippen LogP contribution in [0.25, 0.3) is 0 Å². The topological polar surface area (TPSA) is 88.2 Å². The molecule has 6 heteroatoms. The summed E-state index contributed by atoms with van der Waals surface area (Å²) in [6, 6.07) is 5.06. The number of likely N-dealkylation sites (N-methyl/N-ethyl adjacent to an activating group) is 1. The summed E-state index contributed by atoms with van der Waals surface area (Å²) in [4.78, 5) is 18.8. The van der Waals surface area contributed by atoms with E-state index in [0.29, 0.717) is 18.1 Å². The molecule has 1 aliphatic heterocycles. The standard InChI is InChI=1S/C19H27N3O3/c1-13-10-15(8-9-16(13)23)25-12-19(11-14-6-4-3-5-7-14)17(24)22(2)18(20)21-19/h8-10,14,23H,3-7,11-12H2,1-2H3,(H2,20,21). The number of guanidine groups is 1. The van der Waals surface area contributed by atoms with Crippen molar-refractivity contribution in [1.29, 1.82) is 0 Å². The van der Waals surface area contributed by atoms with Gasteiger partial charge in [0.15, 0.2) is 11.5 Å². The second-order valence-electron chi connectivity index (χ2n) is 7.31. The molecular weight excluding hydrogens is 318 g/mol. The van der Waals surface area contributed by atoms with Gasteiger partial charge in [0.25, 0.3) is 5.91 Å². The SMILES string of the molecule is Cc1cc(OCC2(CC3CCCCC3)N=C(N)N(C)C2=O)ccc1O. The van der Waals surface area contributed by atoms with E-state index < -0.39 is 5.54 Å². The average Bonchev–Trinajstić information content (AvgIpc) is 2.81. The maximum atomic E-state index is 12.9. The van der Waals surface area contributed by atoms with Crippen molar-refractivity contribution in [3.63, 3.8) is 0 Å². The summed E-state index contributed by atoms with van der Waals surface area (Å²) in [7, 11) is 1.66. The second-order valence-corrected chi connectivity index (χ2v) is 7.31. The van der Waals surface area contributed by atoms with Gasteiger partial charge in [-0.05, 0) is 43.0 Å². The summed E-state index contributed by atoms with van der Waals surface area (Å²) >= 11 is 0. The first-order valence-corrected chi connectivity index (χ1v) is 8.97. The van der Waals surface area contributed by atoms with E-state index in [9.17, 15) is 9.90 Å². The predicted octanol–water partition coefficient (Wildman–Crippen LogP) is 2.58. The average molecular weight is 345 g/mol. The number of rotatable bonds is 5. The lowest BCUT2D eigenvalue weighted by atomic mass is 9.79. The number of carbonyl (C=O) groups excluding carboxylic acids is 1. The first-order chi connectivity index (χ1) is 11.9. The highest BCUT2D eigenvalue weighted by molar-refractivity contribution is 6.06. The molecule has 2 aliphatic rings. The number of nitrogens with two attached hydrogens (primary N) is 1. The fraction of sp³-hybridized carbons (Fsp3) is 0.579. The van der Waals surface area contributed by atoms with Gasteiger partial charge in [-0.3, -0.25) is 9.69 Å². The van der Waals surface area contributed by atoms with Crippen LogP contribution in [0.15, 0.2) is 23.2 Å². The van der Waals surface area contributed by atoms with Crippen LogP contribution in [0.4, 0.5) is 0 Å². The van der Waals surface area contributed by atoms with E-state index in [1.54, 1.807) is 25.2 Å². The van der Waals surface area contributed by atoms with Crippen LogP contribution in [0, 0.1) is 12.8 Å². The first-order valence-electron chi connectivity index (χ1n) is 8.97. The molecule has 136 valence electrons. The molecule has 1 unspecified atom stereocenters. The van der Waals surface area contributed by atoms with Crippen LogP contribution in [-0.2, 0) is 4.79 Å². The van der Waals surface area contributed by atoms with Gasteiger partial charge in [0, 0.05) is 7.05 Å². The lowest BCUT2D eigenvalue weighted by Crippen LogP contribution is -2.47. The second kappa shape index (κ2) is 6.94. The molecule has 1 atom stereocenters. The van der Waals surface area contributed by atoms with Crippen molar-refractivity contribution >= 4 is 11.9 Å². The van der Waals surface area contributed by atoms with Crippen LogP contribution in [0.2, 0.25) is 0 Å². The Morgan fingerprint density at radius 1 is 1.36 bits per heavy atom. The summed E-state index contributed by atoms with van der Waals surface area (Å²) in [5, 5.41) is 9.65. The number of phenolic OH excluding ortho intramolecular Hbond substituents is 1. The summed E-state index contributed by atoms with van der Waals surface area (Å²) in [5.74, 6) is 1.49. The molecule has 3 rings (SSSR count). The Labute approximate surface area is 148 Å². The number of phenols is 1. The predicted molar refractivity (Wildman–Crippen MR) is 96.7 cm³/mol. The van der Waals surface area contributed by atoms with E-state index in [1.807, 2.05) is 6.92 Å². The lowest BCUT2D eigenvalue weighted by molar-refractivity contribution is -0.132. The van der Waals surface area contributed by atoms with Crippen molar-refractivity contribution < 1.29 is 14.6 Å². The van der Waals surface area contributed by atoms with Crippen LogP contribution < -0.4 is 10.5 Å². The molecule has 1 amide bonds. The molecule has 3 N–H and O–H groups in total. The van der Waals surface area contributed by atoms with Crippen LogP contribution in [0.3, 0.4) is 0 Å². The first kappa shape index (κ1) is 17.6. The number of aliphatic imine (C=N–C) groups is 1. The van der Waals surface area contributed by atoms with Crippen molar-refractivity contribution in [2.24, 2.45) is 16.6 Å². The highest BCUT2D eigenvalue weighted by atomic mass is 16.5.